The topological polar surface area (TPSA) is 21.3 Å². The van der Waals surface area contributed by atoms with Crippen LogP contribution in [0.5, 0.6) is 5.75 Å². The van der Waals surface area contributed by atoms with Gasteiger partial charge in [-0.1, -0.05) is 23.2 Å². The van der Waals surface area contributed by atoms with Gasteiger partial charge in [0.15, 0.2) is 0 Å². The zero-order valence-electron chi connectivity index (χ0n) is 10.6. The van der Waals surface area contributed by atoms with Crippen LogP contribution >= 0.6 is 39.1 Å². The van der Waals surface area contributed by atoms with Crippen molar-refractivity contribution in [2.75, 3.05) is 11.9 Å². The molecule has 0 amide bonds. The van der Waals surface area contributed by atoms with Gasteiger partial charge in [0.25, 0.3) is 0 Å². The van der Waals surface area contributed by atoms with Crippen molar-refractivity contribution >= 4 is 44.8 Å². The molecule has 2 aromatic carbocycles. The van der Waals surface area contributed by atoms with Gasteiger partial charge in [-0.05, 0) is 51.8 Å². The summed E-state index contributed by atoms with van der Waals surface area (Å²) >= 11 is 15.7. The Morgan fingerprint density at radius 2 is 2.00 bits per heavy atom. The summed E-state index contributed by atoms with van der Waals surface area (Å²) in [7, 11) is 0. The van der Waals surface area contributed by atoms with Crippen LogP contribution in [0.4, 0.5) is 5.69 Å². The summed E-state index contributed by atoms with van der Waals surface area (Å²) in [5, 5.41) is 4.80. The van der Waals surface area contributed by atoms with Crippen molar-refractivity contribution in [1.82, 2.24) is 0 Å². The summed E-state index contributed by atoms with van der Waals surface area (Å²) in [5.74, 6) is 0.958. The number of fused-ring (bicyclic) bond motifs is 1. The van der Waals surface area contributed by atoms with E-state index in [0.717, 1.165) is 39.5 Å². The largest absolute Gasteiger partial charge is 0.493 e. The highest BCUT2D eigenvalue weighted by Crippen LogP contribution is 2.34. The molecule has 0 fully saturated rings. The third-order valence-corrected chi connectivity index (χ3v) is 4.37. The fourth-order valence-corrected chi connectivity index (χ4v) is 3.12. The lowest BCUT2D eigenvalue weighted by atomic mass is 10.1. The van der Waals surface area contributed by atoms with E-state index in [1.165, 1.54) is 5.56 Å². The third kappa shape index (κ3) is 2.90. The van der Waals surface area contributed by atoms with Crippen LogP contribution in [0, 0.1) is 0 Å². The quantitative estimate of drug-likeness (QED) is 0.788. The van der Waals surface area contributed by atoms with Crippen LogP contribution in [0.25, 0.3) is 0 Å². The van der Waals surface area contributed by atoms with E-state index in [9.17, 15) is 0 Å². The second kappa shape index (κ2) is 5.84. The lowest BCUT2D eigenvalue weighted by molar-refractivity contribution is 0.354. The molecule has 1 aliphatic rings. The predicted molar refractivity (Wildman–Crippen MR) is 87.1 cm³/mol. The molecule has 2 aromatic rings. The van der Waals surface area contributed by atoms with Crippen molar-refractivity contribution in [1.29, 1.82) is 0 Å². The highest BCUT2D eigenvalue weighted by molar-refractivity contribution is 9.10. The molecular formula is C15H12BrCl2NO. The molecule has 0 bridgehead atoms. The van der Waals surface area contributed by atoms with Gasteiger partial charge in [-0.2, -0.15) is 0 Å². The van der Waals surface area contributed by atoms with E-state index >= 15 is 0 Å². The molecule has 0 spiro atoms. The highest BCUT2D eigenvalue weighted by atomic mass is 79.9. The van der Waals surface area contributed by atoms with Crippen LogP contribution in [0.15, 0.2) is 34.8 Å². The molecule has 0 atom stereocenters. The van der Waals surface area contributed by atoms with Gasteiger partial charge in [0.05, 0.1) is 12.3 Å². The van der Waals surface area contributed by atoms with Gasteiger partial charge in [-0.3, -0.25) is 0 Å². The van der Waals surface area contributed by atoms with Gasteiger partial charge in [0, 0.05) is 33.0 Å². The molecule has 1 heterocycles. The van der Waals surface area contributed by atoms with Crippen molar-refractivity contribution in [2.45, 2.75) is 13.0 Å². The van der Waals surface area contributed by atoms with E-state index in [0.29, 0.717) is 11.6 Å². The highest BCUT2D eigenvalue weighted by Gasteiger charge is 2.17. The number of hydrogen-bond acceptors (Lipinski definition) is 2. The summed E-state index contributed by atoms with van der Waals surface area (Å²) in [6.07, 6.45) is 0.920. The number of halogens is 3. The number of nitrogens with one attached hydrogen (secondary N) is 1. The first kappa shape index (κ1) is 14.1. The van der Waals surface area contributed by atoms with E-state index in [1.807, 2.05) is 30.3 Å². The zero-order valence-corrected chi connectivity index (χ0v) is 13.6. The van der Waals surface area contributed by atoms with Gasteiger partial charge in [-0.25, -0.2) is 0 Å². The third-order valence-electron chi connectivity index (χ3n) is 3.22. The summed E-state index contributed by atoms with van der Waals surface area (Å²) < 4.78 is 6.66. The normalized spacial score (nSPS) is 12.9. The van der Waals surface area contributed by atoms with Crippen molar-refractivity contribution < 1.29 is 4.74 Å². The smallest absolute Gasteiger partial charge is 0.127 e. The van der Waals surface area contributed by atoms with Crippen molar-refractivity contribution in [3.05, 3.63) is 56.0 Å². The summed E-state index contributed by atoms with van der Waals surface area (Å²) in [5.41, 5.74) is 3.19. The second-order valence-electron chi connectivity index (χ2n) is 4.63. The number of hydrogen-bond donors (Lipinski definition) is 1. The molecule has 0 radical (unpaired) electrons. The lowest BCUT2D eigenvalue weighted by Gasteiger charge is -2.12. The molecule has 0 unspecified atom stereocenters. The average molecular weight is 373 g/mol. The molecule has 20 heavy (non-hydrogen) atoms. The number of ether oxygens (including phenoxy) is 1. The molecule has 0 aromatic heterocycles. The minimum Gasteiger partial charge on any atom is -0.493 e. The monoisotopic (exact) mass is 371 g/mol. The standard InChI is InChI=1S/C15H12BrCl2NO/c16-13-2-1-11(17)7-14(13)19-8-10-6-12(18)5-9-3-4-20-15(9)10/h1-2,5-7,19H,3-4,8H2. The Hall–Kier alpha value is -0.900. The Balaban J connectivity index is 1.84. The van der Waals surface area contributed by atoms with Crippen LogP contribution < -0.4 is 10.1 Å². The van der Waals surface area contributed by atoms with Crippen molar-refractivity contribution in [3.8, 4) is 5.75 Å². The molecule has 104 valence electrons. The van der Waals surface area contributed by atoms with Gasteiger partial charge >= 0.3 is 0 Å². The predicted octanol–water partition coefficient (Wildman–Crippen LogP) is 5.30. The summed E-state index contributed by atoms with van der Waals surface area (Å²) in [4.78, 5) is 0. The second-order valence-corrected chi connectivity index (χ2v) is 6.36. The average Bonchev–Trinajstić information content (AvgIpc) is 2.87. The minimum absolute atomic E-state index is 0.641. The Kier molecular flexibility index (Phi) is 4.11. The number of anilines is 1. The van der Waals surface area contributed by atoms with E-state index in [1.54, 1.807) is 0 Å². The minimum atomic E-state index is 0.641. The fraction of sp³-hybridized carbons (Fsp3) is 0.200. The van der Waals surface area contributed by atoms with Crippen molar-refractivity contribution in [3.63, 3.8) is 0 Å². The van der Waals surface area contributed by atoms with E-state index < -0.39 is 0 Å². The van der Waals surface area contributed by atoms with E-state index in [-0.39, 0.29) is 0 Å². The Labute approximate surface area is 136 Å². The maximum atomic E-state index is 6.15. The molecular weight excluding hydrogens is 361 g/mol. The fourth-order valence-electron chi connectivity index (χ4n) is 2.30. The van der Waals surface area contributed by atoms with Crippen LogP contribution in [0.1, 0.15) is 11.1 Å². The molecule has 1 aliphatic heterocycles. The van der Waals surface area contributed by atoms with Gasteiger partial charge in [0.1, 0.15) is 5.75 Å². The van der Waals surface area contributed by atoms with Crippen LogP contribution in [-0.2, 0) is 13.0 Å². The van der Waals surface area contributed by atoms with Gasteiger partial charge < -0.3 is 10.1 Å². The maximum Gasteiger partial charge on any atom is 0.127 e. The lowest BCUT2D eigenvalue weighted by Crippen LogP contribution is -2.02. The van der Waals surface area contributed by atoms with Crippen molar-refractivity contribution in [2.24, 2.45) is 0 Å². The first-order valence-corrected chi connectivity index (χ1v) is 7.81. The van der Waals surface area contributed by atoms with Crippen LogP contribution in [-0.4, -0.2) is 6.61 Å². The molecule has 5 heteroatoms. The molecule has 1 N–H and O–H groups in total. The van der Waals surface area contributed by atoms with Crippen LogP contribution in [0.3, 0.4) is 0 Å². The zero-order chi connectivity index (χ0) is 14.1. The molecule has 0 saturated heterocycles. The molecule has 0 aliphatic carbocycles. The van der Waals surface area contributed by atoms with E-state index in [2.05, 4.69) is 21.2 Å². The SMILES string of the molecule is Clc1cc2c(c(CNc3cc(Cl)ccc3Br)c1)OCC2. The Morgan fingerprint density at radius 3 is 2.85 bits per heavy atom. The Bertz CT molecular complexity index is 661. The van der Waals surface area contributed by atoms with Gasteiger partial charge in [0.2, 0.25) is 0 Å². The first-order valence-electron chi connectivity index (χ1n) is 6.26. The first-order chi connectivity index (χ1) is 9.63. The molecule has 3 rings (SSSR count). The van der Waals surface area contributed by atoms with Gasteiger partial charge in [-0.15, -0.1) is 0 Å². The summed E-state index contributed by atoms with van der Waals surface area (Å²) in [6.45, 7) is 1.37. The maximum absolute atomic E-state index is 6.15. The van der Waals surface area contributed by atoms with Crippen LogP contribution in [0.2, 0.25) is 10.0 Å². The number of benzene rings is 2. The van der Waals surface area contributed by atoms with E-state index in [4.69, 9.17) is 27.9 Å². The number of rotatable bonds is 3. The molecule has 2 nitrogen and oxygen atoms in total. The molecule has 0 saturated carbocycles. The summed E-state index contributed by atoms with van der Waals surface area (Å²) in [6, 6.07) is 9.57. The Morgan fingerprint density at radius 1 is 1.15 bits per heavy atom.